The van der Waals surface area contributed by atoms with E-state index in [1.54, 1.807) is 0 Å². The third kappa shape index (κ3) is 8.76. The molecule has 2 atom stereocenters. The second-order valence-corrected chi connectivity index (χ2v) is 9.38. The Labute approximate surface area is 172 Å². The van der Waals surface area contributed by atoms with E-state index < -0.39 is 23.8 Å². The Kier molecular flexibility index (Phi) is 8.14. The van der Waals surface area contributed by atoms with Crippen molar-refractivity contribution in [3.8, 4) is 0 Å². The maximum absolute atomic E-state index is 13.5. The molecule has 0 spiro atoms. The summed E-state index contributed by atoms with van der Waals surface area (Å²) >= 11 is 0. The fourth-order valence-electron chi connectivity index (χ4n) is 3.30. The predicted octanol–water partition coefficient (Wildman–Crippen LogP) is 2.95. The van der Waals surface area contributed by atoms with E-state index in [-0.39, 0.29) is 29.8 Å². The third-order valence-corrected chi connectivity index (χ3v) is 5.03. The molecule has 0 bridgehead atoms. The number of β-amino-alcohol motifs (C(OH)–C–C–N with tert-alkyl or cyclic N) is 1. The standard InChI is InChI=1S/C22H34F2N2O3/c1-15(27)26-19(11-16-9-17(23)12-18(24)10-16)20(28)13-25-22(5-6-22)7-8-29-14-21(2,3)4/h9-10,12,19-20,25,28H,5-8,11,13-14H2,1-4H3,(H,26,27). The van der Waals surface area contributed by atoms with Crippen LogP contribution in [0.2, 0.25) is 0 Å². The molecule has 164 valence electrons. The van der Waals surface area contributed by atoms with Crippen molar-refractivity contribution in [2.24, 2.45) is 5.41 Å². The average molecular weight is 413 g/mol. The number of halogens is 2. The van der Waals surface area contributed by atoms with Crippen molar-refractivity contribution in [2.75, 3.05) is 19.8 Å². The summed E-state index contributed by atoms with van der Waals surface area (Å²) in [6.07, 6.45) is 2.13. The summed E-state index contributed by atoms with van der Waals surface area (Å²) in [7, 11) is 0. The van der Waals surface area contributed by atoms with Gasteiger partial charge in [0.2, 0.25) is 5.91 Å². The molecule has 1 saturated carbocycles. The topological polar surface area (TPSA) is 70.6 Å². The number of hydrogen-bond acceptors (Lipinski definition) is 4. The molecule has 1 aliphatic carbocycles. The fraction of sp³-hybridized carbons (Fsp3) is 0.682. The molecule has 3 N–H and O–H groups in total. The Bertz CT molecular complexity index is 667. The molecule has 0 aromatic heterocycles. The van der Waals surface area contributed by atoms with Gasteiger partial charge < -0.3 is 20.5 Å². The van der Waals surface area contributed by atoms with Gasteiger partial charge in [-0.15, -0.1) is 0 Å². The van der Waals surface area contributed by atoms with E-state index in [2.05, 4.69) is 31.4 Å². The van der Waals surface area contributed by atoms with Gasteiger partial charge in [-0.2, -0.15) is 0 Å². The molecule has 1 aromatic rings. The van der Waals surface area contributed by atoms with Crippen molar-refractivity contribution in [1.82, 2.24) is 10.6 Å². The number of hydrogen-bond donors (Lipinski definition) is 3. The molecule has 1 amide bonds. The van der Waals surface area contributed by atoms with Gasteiger partial charge in [-0.25, -0.2) is 8.78 Å². The van der Waals surface area contributed by atoms with Crippen LogP contribution in [0, 0.1) is 17.0 Å². The lowest BCUT2D eigenvalue weighted by molar-refractivity contribution is -0.120. The molecule has 1 fully saturated rings. The molecule has 7 heteroatoms. The van der Waals surface area contributed by atoms with Crippen LogP contribution < -0.4 is 10.6 Å². The maximum Gasteiger partial charge on any atom is 0.217 e. The molecule has 2 rings (SSSR count). The highest BCUT2D eigenvalue weighted by atomic mass is 19.1. The quantitative estimate of drug-likeness (QED) is 0.489. The van der Waals surface area contributed by atoms with Gasteiger partial charge in [0, 0.05) is 31.7 Å². The highest BCUT2D eigenvalue weighted by molar-refractivity contribution is 5.73. The van der Waals surface area contributed by atoms with E-state index in [1.807, 2.05) is 0 Å². The largest absolute Gasteiger partial charge is 0.390 e. The Morgan fingerprint density at radius 3 is 2.38 bits per heavy atom. The lowest BCUT2D eigenvalue weighted by atomic mass is 9.99. The highest BCUT2D eigenvalue weighted by Gasteiger charge is 2.42. The molecule has 0 saturated heterocycles. The summed E-state index contributed by atoms with van der Waals surface area (Å²) in [5.74, 6) is -1.66. The predicted molar refractivity (Wildman–Crippen MR) is 109 cm³/mol. The summed E-state index contributed by atoms with van der Waals surface area (Å²) in [6, 6.07) is 2.59. The van der Waals surface area contributed by atoms with Crippen LogP contribution in [-0.4, -0.2) is 48.5 Å². The monoisotopic (exact) mass is 412 g/mol. The average Bonchev–Trinajstić information content (AvgIpc) is 3.34. The number of aliphatic hydroxyl groups excluding tert-OH is 1. The van der Waals surface area contributed by atoms with E-state index >= 15 is 0 Å². The van der Waals surface area contributed by atoms with Gasteiger partial charge in [0.15, 0.2) is 0 Å². The Morgan fingerprint density at radius 2 is 1.86 bits per heavy atom. The molecule has 5 nitrogen and oxygen atoms in total. The third-order valence-electron chi connectivity index (χ3n) is 5.03. The number of ether oxygens (including phenoxy) is 1. The van der Waals surface area contributed by atoms with Gasteiger partial charge in [-0.3, -0.25) is 4.79 Å². The van der Waals surface area contributed by atoms with E-state index in [9.17, 15) is 18.7 Å². The first-order valence-corrected chi connectivity index (χ1v) is 10.2. The maximum atomic E-state index is 13.5. The Hall–Kier alpha value is -1.57. The van der Waals surface area contributed by atoms with Gasteiger partial charge in [-0.05, 0) is 48.8 Å². The van der Waals surface area contributed by atoms with Crippen LogP contribution >= 0.6 is 0 Å². The second-order valence-electron chi connectivity index (χ2n) is 9.38. The van der Waals surface area contributed by atoms with Crippen molar-refractivity contribution in [3.05, 3.63) is 35.4 Å². The van der Waals surface area contributed by atoms with Crippen molar-refractivity contribution in [1.29, 1.82) is 0 Å². The van der Waals surface area contributed by atoms with E-state index in [1.165, 1.54) is 19.1 Å². The van der Waals surface area contributed by atoms with Gasteiger partial charge >= 0.3 is 0 Å². The minimum Gasteiger partial charge on any atom is -0.390 e. The zero-order valence-electron chi connectivity index (χ0n) is 17.9. The zero-order chi connectivity index (χ0) is 21.7. The number of rotatable bonds is 11. The van der Waals surface area contributed by atoms with Gasteiger partial charge in [0.05, 0.1) is 18.8 Å². The molecule has 29 heavy (non-hydrogen) atoms. The van der Waals surface area contributed by atoms with Crippen LogP contribution in [0.25, 0.3) is 0 Å². The summed E-state index contributed by atoms with van der Waals surface area (Å²) in [5.41, 5.74) is 0.476. The fourth-order valence-corrected chi connectivity index (χ4v) is 3.30. The molecular formula is C22H34F2N2O3. The Morgan fingerprint density at radius 1 is 1.24 bits per heavy atom. The van der Waals surface area contributed by atoms with Gasteiger partial charge in [0.1, 0.15) is 11.6 Å². The number of aliphatic hydroxyl groups is 1. The number of nitrogens with one attached hydrogen (secondary N) is 2. The van der Waals surface area contributed by atoms with Gasteiger partial charge in [0.25, 0.3) is 0 Å². The minimum absolute atomic E-state index is 0.0371. The molecule has 2 unspecified atom stereocenters. The van der Waals surface area contributed by atoms with Crippen molar-refractivity contribution in [3.63, 3.8) is 0 Å². The summed E-state index contributed by atoms with van der Waals surface area (Å²) in [6.45, 7) is 9.36. The smallest absolute Gasteiger partial charge is 0.217 e. The molecular weight excluding hydrogens is 378 g/mol. The van der Waals surface area contributed by atoms with Gasteiger partial charge in [-0.1, -0.05) is 20.8 Å². The number of amides is 1. The second kappa shape index (κ2) is 9.96. The number of carbonyl (C=O) groups excluding carboxylic acids is 1. The summed E-state index contributed by atoms with van der Waals surface area (Å²) in [4.78, 5) is 11.5. The lowest BCUT2D eigenvalue weighted by Gasteiger charge is -2.27. The van der Waals surface area contributed by atoms with Crippen molar-refractivity contribution < 1.29 is 23.4 Å². The molecule has 0 aliphatic heterocycles. The van der Waals surface area contributed by atoms with Crippen LogP contribution in [0.3, 0.4) is 0 Å². The van der Waals surface area contributed by atoms with E-state index in [0.717, 1.165) is 25.3 Å². The SMILES string of the molecule is CC(=O)NC(Cc1cc(F)cc(F)c1)C(O)CNC1(CCOCC(C)(C)C)CC1. The molecule has 1 aromatic carbocycles. The van der Waals surface area contributed by atoms with Crippen LogP contribution in [0.5, 0.6) is 0 Å². The normalized spacial score (nSPS) is 17.6. The van der Waals surface area contributed by atoms with Crippen molar-refractivity contribution >= 4 is 5.91 Å². The highest BCUT2D eigenvalue weighted by Crippen LogP contribution is 2.38. The molecule has 1 aliphatic rings. The van der Waals surface area contributed by atoms with Crippen LogP contribution in [0.15, 0.2) is 18.2 Å². The summed E-state index contributed by atoms with van der Waals surface area (Å²) in [5, 5.41) is 16.7. The van der Waals surface area contributed by atoms with Crippen LogP contribution in [-0.2, 0) is 16.0 Å². The minimum atomic E-state index is -0.891. The molecule has 0 radical (unpaired) electrons. The van der Waals surface area contributed by atoms with E-state index in [4.69, 9.17) is 4.74 Å². The zero-order valence-corrected chi connectivity index (χ0v) is 17.9. The lowest BCUT2D eigenvalue weighted by Crippen LogP contribution is -2.50. The Balaban J connectivity index is 1.87. The van der Waals surface area contributed by atoms with E-state index in [0.29, 0.717) is 18.8 Å². The first kappa shape index (κ1) is 23.7. The first-order chi connectivity index (χ1) is 13.5. The van der Waals surface area contributed by atoms with Crippen LogP contribution in [0.4, 0.5) is 8.78 Å². The van der Waals surface area contributed by atoms with Crippen LogP contribution in [0.1, 0.15) is 52.5 Å². The first-order valence-electron chi connectivity index (χ1n) is 10.2. The molecule has 0 heterocycles. The van der Waals surface area contributed by atoms with Crippen molar-refractivity contribution in [2.45, 2.75) is 71.1 Å². The summed E-state index contributed by atoms with van der Waals surface area (Å²) < 4.78 is 32.7. The number of carbonyl (C=O) groups is 1. The number of benzene rings is 1.